The van der Waals surface area contributed by atoms with Crippen LogP contribution in [0.2, 0.25) is 5.02 Å². The molecule has 1 N–H and O–H groups in total. The lowest BCUT2D eigenvalue weighted by Gasteiger charge is -2.29. The van der Waals surface area contributed by atoms with Crippen molar-refractivity contribution in [2.45, 2.75) is 45.7 Å². The Morgan fingerprint density at radius 3 is 2.50 bits per heavy atom. The van der Waals surface area contributed by atoms with E-state index in [9.17, 15) is 9.59 Å². The topological polar surface area (TPSA) is 58.1 Å². The Balaban J connectivity index is 2.58. The van der Waals surface area contributed by atoms with E-state index in [1.54, 1.807) is 4.57 Å². The summed E-state index contributed by atoms with van der Waals surface area (Å²) in [5, 5.41) is 0.0826. The maximum absolute atomic E-state index is 12.1. The van der Waals surface area contributed by atoms with E-state index in [0.717, 1.165) is 25.1 Å². The van der Waals surface area contributed by atoms with Crippen molar-refractivity contribution >= 4 is 11.6 Å². The first kappa shape index (κ1) is 14.9. The summed E-state index contributed by atoms with van der Waals surface area (Å²) in [4.78, 5) is 28.2. The third-order valence-corrected chi connectivity index (χ3v) is 3.89. The number of nitrogens with zero attached hydrogens (tertiary/aromatic N) is 2. The maximum Gasteiger partial charge on any atom is 0.329 e. The van der Waals surface area contributed by atoms with E-state index in [-0.39, 0.29) is 5.02 Å². The Labute approximate surface area is 122 Å². The zero-order chi connectivity index (χ0) is 15.1. The number of H-pyrrole nitrogens is 1. The van der Waals surface area contributed by atoms with Gasteiger partial charge in [-0.2, -0.15) is 0 Å². The lowest BCUT2D eigenvalue weighted by Crippen LogP contribution is -2.42. The summed E-state index contributed by atoms with van der Waals surface area (Å²) in [5.41, 5.74) is 0.162. The van der Waals surface area contributed by atoms with Crippen molar-refractivity contribution in [2.75, 3.05) is 6.54 Å². The van der Waals surface area contributed by atoms with Gasteiger partial charge >= 0.3 is 5.69 Å². The Kier molecular flexibility index (Phi) is 3.82. The first-order valence-corrected chi connectivity index (χ1v) is 7.06. The molecule has 6 heteroatoms. The van der Waals surface area contributed by atoms with Gasteiger partial charge in [-0.25, -0.2) is 4.79 Å². The number of aromatic nitrogens is 2. The molecule has 0 bridgehead atoms. The average molecular weight is 298 g/mol. The first-order valence-electron chi connectivity index (χ1n) is 6.68. The zero-order valence-corrected chi connectivity index (χ0v) is 12.9. The molecule has 0 atom stereocenters. The van der Waals surface area contributed by atoms with Gasteiger partial charge in [0.25, 0.3) is 5.56 Å². The van der Waals surface area contributed by atoms with E-state index < -0.39 is 16.8 Å². The van der Waals surface area contributed by atoms with Crippen LogP contribution in [0.15, 0.2) is 21.9 Å². The Bertz CT molecular complexity index is 652. The fourth-order valence-electron chi connectivity index (χ4n) is 2.57. The highest BCUT2D eigenvalue weighted by Gasteiger charge is 2.25. The van der Waals surface area contributed by atoms with E-state index in [1.165, 1.54) is 0 Å². The highest BCUT2D eigenvalue weighted by atomic mass is 35.5. The Hall–Kier alpha value is -1.49. The molecule has 1 aliphatic heterocycles. The van der Waals surface area contributed by atoms with Gasteiger partial charge in [-0.3, -0.25) is 14.3 Å². The predicted molar refractivity (Wildman–Crippen MR) is 80.1 cm³/mol. The minimum Gasteiger partial charge on any atom is -0.369 e. The standard InChI is InChI=1S/C14H20ClN3O2/c1-9-6-5-7-17(9)8-10-11(15)12(19)16-13(20)18(10)14(2,3)4/h1,5-8H2,2-4H3,(H,16,19,20). The largest absolute Gasteiger partial charge is 0.369 e. The zero-order valence-electron chi connectivity index (χ0n) is 12.1. The maximum atomic E-state index is 12.1. The molecule has 0 radical (unpaired) electrons. The lowest BCUT2D eigenvalue weighted by atomic mass is 10.1. The van der Waals surface area contributed by atoms with Crippen molar-refractivity contribution in [3.8, 4) is 0 Å². The number of hydrogen-bond donors (Lipinski definition) is 1. The molecule has 1 fully saturated rings. The Morgan fingerprint density at radius 1 is 1.35 bits per heavy atom. The minimum atomic E-state index is -0.531. The SMILES string of the molecule is C=C1CCCN1Cc1c(Cl)c(=O)[nH]c(=O)n1C(C)(C)C. The van der Waals surface area contributed by atoms with Crippen LogP contribution in [0, 0.1) is 0 Å². The number of rotatable bonds is 2. The summed E-state index contributed by atoms with van der Waals surface area (Å²) in [6.45, 7) is 11.0. The van der Waals surface area contributed by atoms with Crippen LogP contribution in [0.5, 0.6) is 0 Å². The van der Waals surface area contributed by atoms with Crippen LogP contribution in [-0.2, 0) is 12.1 Å². The quantitative estimate of drug-likeness (QED) is 0.909. The van der Waals surface area contributed by atoms with E-state index in [2.05, 4.69) is 16.5 Å². The summed E-state index contributed by atoms with van der Waals surface area (Å²) < 4.78 is 1.56. The van der Waals surface area contributed by atoms with E-state index in [1.807, 2.05) is 20.8 Å². The van der Waals surface area contributed by atoms with Gasteiger partial charge in [0.1, 0.15) is 5.02 Å². The number of halogens is 1. The van der Waals surface area contributed by atoms with Gasteiger partial charge in [-0.15, -0.1) is 0 Å². The molecule has 5 nitrogen and oxygen atoms in total. The second-order valence-corrected chi connectivity index (χ2v) is 6.50. The summed E-state index contributed by atoms with van der Waals surface area (Å²) in [7, 11) is 0. The fraction of sp³-hybridized carbons (Fsp3) is 0.571. The van der Waals surface area contributed by atoms with E-state index in [4.69, 9.17) is 11.6 Å². The summed E-state index contributed by atoms with van der Waals surface area (Å²) >= 11 is 6.14. The van der Waals surface area contributed by atoms with Gasteiger partial charge in [-0.1, -0.05) is 18.2 Å². The van der Waals surface area contributed by atoms with Crippen LogP contribution in [0.4, 0.5) is 0 Å². The molecule has 0 spiro atoms. The van der Waals surface area contributed by atoms with Crippen LogP contribution >= 0.6 is 11.6 Å². The van der Waals surface area contributed by atoms with Gasteiger partial charge in [-0.05, 0) is 33.6 Å². The molecule has 2 rings (SSSR count). The monoisotopic (exact) mass is 297 g/mol. The second-order valence-electron chi connectivity index (χ2n) is 6.12. The third kappa shape index (κ3) is 2.68. The lowest BCUT2D eigenvalue weighted by molar-refractivity contribution is 0.319. The number of nitrogens with one attached hydrogen (secondary N) is 1. The highest BCUT2D eigenvalue weighted by molar-refractivity contribution is 6.31. The molecule has 2 heterocycles. The molecule has 1 aromatic rings. The normalized spacial score (nSPS) is 16.0. The van der Waals surface area contributed by atoms with Crippen LogP contribution < -0.4 is 11.2 Å². The van der Waals surface area contributed by atoms with Crippen LogP contribution in [0.25, 0.3) is 0 Å². The molecule has 0 aliphatic carbocycles. The van der Waals surface area contributed by atoms with Crippen LogP contribution in [-0.4, -0.2) is 21.0 Å². The molecule has 0 amide bonds. The van der Waals surface area contributed by atoms with Gasteiger partial charge in [0.15, 0.2) is 0 Å². The first-order chi connectivity index (χ1) is 9.21. The summed E-state index contributed by atoms with van der Waals surface area (Å²) in [5.74, 6) is 0. The molecule has 0 unspecified atom stereocenters. The molecule has 0 saturated carbocycles. The minimum absolute atomic E-state index is 0.0826. The molecular weight excluding hydrogens is 278 g/mol. The molecular formula is C14H20ClN3O2. The Morgan fingerprint density at radius 2 is 2.00 bits per heavy atom. The van der Waals surface area contributed by atoms with Crippen molar-refractivity contribution in [3.63, 3.8) is 0 Å². The summed E-state index contributed by atoms with van der Waals surface area (Å²) in [6, 6.07) is 0. The number of allylic oxidation sites excluding steroid dienone is 1. The van der Waals surface area contributed by atoms with Crippen LogP contribution in [0.3, 0.4) is 0 Å². The number of hydrogen-bond acceptors (Lipinski definition) is 3. The van der Waals surface area contributed by atoms with Gasteiger partial charge < -0.3 is 4.90 Å². The van der Waals surface area contributed by atoms with E-state index in [0.29, 0.717) is 12.2 Å². The van der Waals surface area contributed by atoms with Crippen molar-refractivity contribution in [2.24, 2.45) is 0 Å². The molecule has 1 saturated heterocycles. The van der Waals surface area contributed by atoms with Gasteiger partial charge in [0.05, 0.1) is 12.2 Å². The second kappa shape index (κ2) is 5.13. The predicted octanol–water partition coefficient (Wildman–Crippen LogP) is 2.05. The van der Waals surface area contributed by atoms with Crippen LogP contribution in [0.1, 0.15) is 39.3 Å². The van der Waals surface area contributed by atoms with Gasteiger partial charge in [0, 0.05) is 17.8 Å². The van der Waals surface area contributed by atoms with Crippen molar-refractivity contribution < 1.29 is 0 Å². The van der Waals surface area contributed by atoms with Crippen molar-refractivity contribution in [3.05, 3.63) is 43.8 Å². The summed E-state index contributed by atoms with van der Waals surface area (Å²) in [6.07, 6.45) is 1.99. The van der Waals surface area contributed by atoms with Crippen molar-refractivity contribution in [1.82, 2.24) is 14.5 Å². The molecule has 1 aromatic heterocycles. The number of likely N-dealkylation sites (tertiary alicyclic amines) is 1. The fourth-order valence-corrected chi connectivity index (χ4v) is 2.76. The third-order valence-electron chi connectivity index (χ3n) is 3.50. The number of aromatic amines is 1. The molecule has 1 aliphatic rings. The van der Waals surface area contributed by atoms with Crippen molar-refractivity contribution in [1.29, 1.82) is 0 Å². The molecule has 20 heavy (non-hydrogen) atoms. The highest BCUT2D eigenvalue weighted by Crippen LogP contribution is 2.25. The average Bonchev–Trinajstić information content (AvgIpc) is 2.69. The molecule has 110 valence electrons. The van der Waals surface area contributed by atoms with Gasteiger partial charge in [0.2, 0.25) is 0 Å². The van der Waals surface area contributed by atoms with E-state index >= 15 is 0 Å². The molecule has 0 aromatic carbocycles. The smallest absolute Gasteiger partial charge is 0.329 e.